The van der Waals surface area contributed by atoms with Crippen molar-refractivity contribution < 1.29 is 64.2 Å². The van der Waals surface area contributed by atoms with Gasteiger partial charge in [0.2, 0.25) is 5.91 Å². The Morgan fingerprint density at radius 2 is 0.933 bits per heavy atom. The molecule has 0 radical (unpaired) electrons. The van der Waals surface area contributed by atoms with E-state index < -0.39 is 71.9 Å². The molecule has 22 N–H and O–H groups in total. The van der Waals surface area contributed by atoms with Gasteiger partial charge in [0.15, 0.2) is 5.96 Å². The van der Waals surface area contributed by atoms with E-state index in [-0.39, 0.29) is 37.4 Å². The summed E-state index contributed by atoms with van der Waals surface area (Å²) in [4.78, 5) is 73.2. The van der Waals surface area contributed by atoms with E-state index in [0.717, 1.165) is 0 Å². The molecular formula is C22H47N9O13S. The molecule has 1 amide bonds. The van der Waals surface area contributed by atoms with Gasteiger partial charge in [-0.2, -0.15) is 12.6 Å². The molecule has 0 unspecified atom stereocenters. The number of nitrogens with zero attached hydrogens (tertiary/aromatic N) is 1. The fraction of sp³-hybridized carbons (Fsp3) is 0.636. The van der Waals surface area contributed by atoms with E-state index in [1.807, 2.05) is 0 Å². The molecule has 0 aliphatic rings. The summed E-state index contributed by atoms with van der Waals surface area (Å²) in [6.45, 7) is 1.84. The van der Waals surface area contributed by atoms with Crippen molar-refractivity contribution in [3.63, 3.8) is 0 Å². The van der Waals surface area contributed by atoms with Crippen molar-refractivity contribution in [2.45, 2.75) is 75.7 Å². The van der Waals surface area contributed by atoms with Crippen molar-refractivity contribution in [2.24, 2.45) is 50.9 Å². The summed E-state index contributed by atoms with van der Waals surface area (Å²) in [6, 6.07) is -4.41. The first-order chi connectivity index (χ1) is 20.4. The van der Waals surface area contributed by atoms with Crippen LogP contribution in [0.25, 0.3) is 0 Å². The lowest BCUT2D eigenvalue weighted by Gasteiger charge is -2.03. The van der Waals surface area contributed by atoms with Crippen molar-refractivity contribution in [2.75, 3.05) is 12.3 Å². The molecule has 0 bridgehead atoms. The minimum absolute atomic E-state index is 0.0129. The van der Waals surface area contributed by atoms with Gasteiger partial charge < -0.3 is 76.5 Å². The Bertz CT molecular complexity index is 902. The first-order valence-electron chi connectivity index (χ1n) is 12.5. The Morgan fingerprint density at radius 3 is 1.16 bits per heavy atom. The van der Waals surface area contributed by atoms with Gasteiger partial charge in [-0.15, -0.1) is 0 Å². The number of aliphatic carboxylic acids is 6. The molecule has 45 heavy (non-hydrogen) atoms. The summed E-state index contributed by atoms with van der Waals surface area (Å²) >= 11 is 3.65. The molecule has 23 heteroatoms. The summed E-state index contributed by atoms with van der Waals surface area (Å²) < 4.78 is 0. The van der Waals surface area contributed by atoms with Crippen LogP contribution in [0, 0.1) is 0 Å². The van der Waals surface area contributed by atoms with E-state index >= 15 is 0 Å². The molecule has 0 aliphatic heterocycles. The summed E-state index contributed by atoms with van der Waals surface area (Å²) in [5.74, 6) is -6.60. The van der Waals surface area contributed by atoms with Crippen LogP contribution in [0.4, 0.5) is 0 Å². The number of aliphatic imine (C=N–C) groups is 1. The molecule has 264 valence electrons. The molecule has 0 aliphatic carbocycles. The monoisotopic (exact) mass is 677 g/mol. The maximum atomic E-state index is 10.2. The average molecular weight is 678 g/mol. The van der Waals surface area contributed by atoms with Gasteiger partial charge in [-0.3, -0.25) is 38.6 Å². The quantitative estimate of drug-likeness (QED) is 0.0315. The van der Waals surface area contributed by atoms with Crippen molar-refractivity contribution in [3.8, 4) is 0 Å². The van der Waals surface area contributed by atoms with E-state index in [9.17, 15) is 33.6 Å². The second-order valence-corrected chi connectivity index (χ2v) is 8.84. The number of thiol groups is 1. The standard InChI is InChI=1S/C6H14N4O2.C5H10N2O3.C5H9NO4.C3H7NO2S.C3H7NO2/c7-4(5(11)12)2-1-3-10-6(8)9;2*6-3(5(9)10)1-2-4(7)8;4-2(1-7)3(5)6;1-2(4)3(5)6/h4H,1-3,7H2,(H,11,12)(H4,8,9,10);3H,1-2,6H2,(H2,7,8)(H,9,10);3H,1-2,6H2,(H,7,8)(H,9,10);2,7H,1,4H2,(H,5,6);2H,4H2,1H3,(H,5,6)/t4-;2*3-;2*2-/m00000/s1. The van der Waals surface area contributed by atoms with Crippen LogP contribution in [0.2, 0.25) is 0 Å². The third-order valence-electron chi connectivity index (χ3n) is 4.19. The van der Waals surface area contributed by atoms with Crippen molar-refractivity contribution >= 4 is 60.3 Å². The molecule has 0 aromatic heterocycles. The highest BCUT2D eigenvalue weighted by Gasteiger charge is 2.13. The van der Waals surface area contributed by atoms with Gasteiger partial charge in [-0.25, -0.2) is 0 Å². The molecule has 0 aromatic carbocycles. The zero-order chi connectivity index (χ0) is 36.9. The number of hydrogen-bond acceptors (Lipinski definition) is 14. The predicted octanol–water partition coefficient (Wildman–Crippen LogP) is -4.87. The largest absolute Gasteiger partial charge is 0.481 e. The van der Waals surface area contributed by atoms with Crippen LogP contribution in [0.3, 0.4) is 0 Å². The third-order valence-corrected chi connectivity index (χ3v) is 4.59. The Hall–Kier alpha value is -4.29. The first-order valence-corrected chi connectivity index (χ1v) is 13.2. The molecule has 0 heterocycles. The fourth-order valence-electron chi connectivity index (χ4n) is 1.54. The second kappa shape index (κ2) is 31.1. The van der Waals surface area contributed by atoms with Crippen LogP contribution in [0.1, 0.15) is 45.4 Å². The lowest BCUT2D eigenvalue weighted by Crippen LogP contribution is -2.31. The lowest BCUT2D eigenvalue weighted by molar-refractivity contribution is -0.141. The molecular weight excluding hydrogens is 630 g/mol. The lowest BCUT2D eigenvalue weighted by atomic mass is 10.2. The molecule has 0 spiro atoms. The number of primary amides is 1. The van der Waals surface area contributed by atoms with Crippen molar-refractivity contribution in [3.05, 3.63) is 0 Å². The summed E-state index contributed by atoms with van der Waals surface area (Å²) in [5, 5.41) is 48.7. The Morgan fingerprint density at radius 1 is 0.600 bits per heavy atom. The van der Waals surface area contributed by atoms with E-state index in [1.54, 1.807) is 0 Å². The maximum Gasteiger partial charge on any atom is 0.321 e. The maximum absolute atomic E-state index is 10.2. The van der Waals surface area contributed by atoms with Gasteiger partial charge in [0.05, 0.1) is 0 Å². The van der Waals surface area contributed by atoms with Gasteiger partial charge in [0.1, 0.15) is 30.2 Å². The van der Waals surface area contributed by atoms with Crippen molar-refractivity contribution in [1.82, 2.24) is 0 Å². The summed E-state index contributed by atoms with van der Waals surface area (Å²) in [7, 11) is 0. The van der Waals surface area contributed by atoms with Crippen molar-refractivity contribution in [1.29, 1.82) is 0 Å². The zero-order valence-electron chi connectivity index (χ0n) is 24.6. The Kier molecular flexibility index (Phi) is 34.8. The SMILES string of the molecule is C[C@H](N)C(=O)O.NC(=O)CC[C@H](N)C(=O)O.NC(N)=NCCC[C@H](N)C(=O)O.N[C@@H](CCC(=O)O)C(=O)O.N[C@@H](CS)C(=O)O. The Balaban J connectivity index is -0.000000151. The summed E-state index contributed by atoms with van der Waals surface area (Å²) in [6.07, 6.45) is 0.855. The van der Waals surface area contributed by atoms with E-state index in [1.165, 1.54) is 6.92 Å². The van der Waals surface area contributed by atoms with E-state index in [2.05, 4.69) is 17.6 Å². The average Bonchev–Trinajstić information content (AvgIpc) is 2.92. The molecule has 0 fully saturated rings. The predicted molar refractivity (Wildman–Crippen MR) is 163 cm³/mol. The normalized spacial score (nSPS) is 12.7. The third kappa shape index (κ3) is 46.9. The number of carboxylic acids is 6. The van der Waals surface area contributed by atoms with Crippen LogP contribution in [0.15, 0.2) is 4.99 Å². The van der Waals surface area contributed by atoms with Crippen LogP contribution in [-0.2, 0) is 33.6 Å². The van der Waals surface area contributed by atoms with E-state index in [4.69, 9.17) is 76.5 Å². The zero-order valence-corrected chi connectivity index (χ0v) is 25.5. The number of nitrogens with two attached hydrogens (primary N) is 8. The smallest absolute Gasteiger partial charge is 0.321 e. The van der Waals surface area contributed by atoms with Gasteiger partial charge in [-0.05, 0) is 32.6 Å². The molecule has 0 saturated carbocycles. The Labute approximate surface area is 263 Å². The number of carbonyl (C=O) groups excluding carboxylic acids is 1. The molecule has 0 saturated heterocycles. The molecule has 0 rings (SSSR count). The van der Waals surface area contributed by atoms with Gasteiger partial charge in [0.25, 0.3) is 0 Å². The number of hydrogen-bond donors (Lipinski definition) is 15. The fourth-order valence-corrected chi connectivity index (χ4v) is 1.70. The number of guanidine groups is 1. The van der Waals surface area contributed by atoms with E-state index in [0.29, 0.717) is 19.4 Å². The minimum Gasteiger partial charge on any atom is -0.481 e. The molecule has 0 aromatic rings. The van der Waals surface area contributed by atoms with Crippen LogP contribution >= 0.6 is 12.6 Å². The number of carbonyl (C=O) groups is 7. The van der Waals surface area contributed by atoms with Crippen LogP contribution in [0.5, 0.6) is 0 Å². The second-order valence-electron chi connectivity index (χ2n) is 8.47. The number of carboxylic acid groups (broad SMARTS) is 6. The highest BCUT2D eigenvalue weighted by atomic mass is 32.1. The highest BCUT2D eigenvalue weighted by molar-refractivity contribution is 7.80. The number of amides is 1. The molecule has 22 nitrogen and oxygen atoms in total. The van der Waals surface area contributed by atoms with Crippen LogP contribution < -0.4 is 45.9 Å². The number of rotatable bonds is 16. The topological polar surface area (TPSA) is 461 Å². The van der Waals surface area contributed by atoms with Gasteiger partial charge in [0, 0.05) is 25.1 Å². The van der Waals surface area contributed by atoms with Gasteiger partial charge >= 0.3 is 35.8 Å². The highest BCUT2D eigenvalue weighted by Crippen LogP contribution is 1.95. The van der Waals surface area contributed by atoms with Gasteiger partial charge in [-0.1, -0.05) is 0 Å². The molecule has 5 atom stereocenters. The van der Waals surface area contributed by atoms with Crippen LogP contribution in [-0.4, -0.2) is 121 Å². The first kappa shape index (κ1) is 50.3. The minimum atomic E-state index is -1.17. The summed E-state index contributed by atoms with van der Waals surface area (Å²) in [5.41, 5.74) is 39.9.